The maximum absolute atomic E-state index is 5.62. The number of pyridine rings is 1. The summed E-state index contributed by atoms with van der Waals surface area (Å²) in [6, 6.07) is 3.92. The summed E-state index contributed by atoms with van der Waals surface area (Å²) in [6.45, 7) is 4.66. The molecule has 0 amide bonds. The lowest BCUT2D eigenvalue weighted by molar-refractivity contribution is 0.765. The van der Waals surface area contributed by atoms with E-state index in [2.05, 4.69) is 23.9 Å². The van der Waals surface area contributed by atoms with Crippen LogP contribution in [0.15, 0.2) is 18.3 Å². The summed E-state index contributed by atoms with van der Waals surface area (Å²) in [5.41, 5.74) is 7.53. The first kappa shape index (κ1) is 9.15. The number of hydrogen-bond acceptors (Lipinski definition) is 3. The normalized spacial score (nSPS) is 11.4. The molecule has 0 bridgehead atoms. The summed E-state index contributed by atoms with van der Waals surface area (Å²) in [5.74, 6) is 1.21. The van der Waals surface area contributed by atoms with Crippen molar-refractivity contribution in [3.63, 3.8) is 0 Å². The molecule has 4 heteroatoms. The third-order valence-corrected chi connectivity index (χ3v) is 2.20. The fourth-order valence-electron chi connectivity index (χ4n) is 1.38. The van der Waals surface area contributed by atoms with Crippen molar-refractivity contribution in [2.24, 2.45) is 5.73 Å². The van der Waals surface area contributed by atoms with Gasteiger partial charge in [0.25, 0.3) is 0 Å². The third-order valence-electron chi connectivity index (χ3n) is 2.20. The molecule has 2 heterocycles. The Morgan fingerprint density at radius 3 is 2.93 bits per heavy atom. The number of aromatic nitrogens is 3. The Morgan fingerprint density at radius 1 is 1.50 bits per heavy atom. The van der Waals surface area contributed by atoms with E-state index < -0.39 is 0 Å². The largest absolute Gasteiger partial charge is 0.326 e. The van der Waals surface area contributed by atoms with E-state index in [1.54, 1.807) is 4.52 Å². The van der Waals surface area contributed by atoms with Crippen LogP contribution in [0.1, 0.15) is 31.2 Å². The third kappa shape index (κ3) is 1.37. The number of nitrogens with two attached hydrogens (primary N) is 1. The van der Waals surface area contributed by atoms with Gasteiger partial charge in [0.05, 0.1) is 0 Å². The first-order valence-corrected chi connectivity index (χ1v) is 4.76. The fourth-order valence-corrected chi connectivity index (χ4v) is 1.38. The van der Waals surface area contributed by atoms with Gasteiger partial charge in [-0.2, -0.15) is 5.10 Å². The van der Waals surface area contributed by atoms with Crippen LogP contribution in [0.4, 0.5) is 0 Å². The molecule has 0 aliphatic heterocycles. The Balaban J connectivity index is 2.64. The Labute approximate surface area is 82.8 Å². The van der Waals surface area contributed by atoms with Crippen molar-refractivity contribution in [1.82, 2.24) is 14.6 Å². The van der Waals surface area contributed by atoms with Crippen LogP contribution in [0.5, 0.6) is 0 Å². The monoisotopic (exact) mass is 190 g/mol. The van der Waals surface area contributed by atoms with Crippen molar-refractivity contribution in [3.05, 3.63) is 29.7 Å². The van der Waals surface area contributed by atoms with Crippen molar-refractivity contribution in [3.8, 4) is 0 Å². The van der Waals surface area contributed by atoms with Crippen molar-refractivity contribution in [2.45, 2.75) is 26.3 Å². The van der Waals surface area contributed by atoms with Crippen molar-refractivity contribution >= 4 is 5.65 Å². The summed E-state index contributed by atoms with van der Waals surface area (Å²) in [4.78, 5) is 4.45. The molecule has 0 aliphatic carbocycles. The zero-order valence-corrected chi connectivity index (χ0v) is 8.44. The minimum atomic E-state index is 0.348. The van der Waals surface area contributed by atoms with E-state index in [0.717, 1.165) is 17.0 Å². The average molecular weight is 190 g/mol. The first-order chi connectivity index (χ1) is 6.72. The van der Waals surface area contributed by atoms with E-state index in [1.807, 2.05) is 18.3 Å². The minimum absolute atomic E-state index is 0.348. The molecular formula is C10H14N4. The molecule has 0 saturated heterocycles. The first-order valence-electron chi connectivity index (χ1n) is 4.76. The van der Waals surface area contributed by atoms with Crippen LogP contribution in [0.25, 0.3) is 5.65 Å². The second kappa shape index (κ2) is 3.38. The molecule has 74 valence electrons. The summed E-state index contributed by atoms with van der Waals surface area (Å²) in [6.07, 6.45) is 1.90. The highest BCUT2D eigenvalue weighted by Gasteiger charge is 2.09. The molecular weight excluding hydrogens is 176 g/mol. The predicted molar refractivity (Wildman–Crippen MR) is 55.0 cm³/mol. The molecule has 0 fully saturated rings. The van der Waals surface area contributed by atoms with Gasteiger partial charge < -0.3 is 5.73 Å². The topological polar surface area (TPSA) is 56.2 Å². The van der Waals surface area contributed by atoms with Crippen LogP contribution < -0.4 is 5.73 Å². The highest BCUT2D eigenvalue weighted by Crippen LogP contribution is 2.13. The minimum Gasteiger partial charge on any atom is -0.326 e. The summed E-state index contributed by atoms with van der Waals surface area (Å²) in [5, 5.41) is 4.37. The second-order valence-corrected chi connectivity index (χ2v) is 3.63. The van der Waals surface area contributed by atoms with Gasteiger partial charge >= 0.3 is 0 Å². The van der Waals surface area contributed by atoms with Gasteiger partial charge in [0.15, 0.2) is 11.5 Å². The van der Waals surface area contributed by atoms with Gasteiger partial charge in [0.2, 0.25) is 0 Å². The molecule has 0 radical (unpaired) electrons. The maximum atomic E-state index is 5.62. The Bertz CT molecular complexity index is 444. The van der Waals surface area contributed by atoms with E-state index in [-0.39, 0.29) is 0 Å². The van der Waals surface area contributed by atoms with Crippen LogP contribution in [-0.2, 0) is 6.54 Å². The fraction of sp³-hybridized carbons (Fsp3) is 0.400. The van der Waals surface area contributed by atoms with Gasteiger partial charge in [0.1, 0.15) is 0 Å². The van der Waals surface area contributed by atoms with Gasteiger partial charge in [-0.15, -0.1) is 0 Å². The van der Waals surface area contributed by atoms with E-state index in [9.17, 15) is 0 Å². The molecule has 2 N–H and O–H groups in total. The van der Waals surface area contributed by atoms with Gasteiger partial charge in [0, 0.05) is 24.2 Å². The van der Waals surface area contributed by atoms with Gasteiger partial charge in [-0.1, -0.05) is 19.9 Å². The zero-order valence-electron chi connectivity index (χ0n) is 8.44. The molecule has 0 saturated carbocycles. The number of hydrogen-bond donors (Lipinski definition) is 1. The predicted octanol–water partition coefficient (Wildman–Crippen LogP) is 1.31. The van der Waals surface area contributed by atoms with Crippen LogP contribution in [0.2, 0.25) is 0 Å². The smallest absolute Gasteiger partial charge is 0.160 e. The molecule has 2 aromatic rings. The molecule has 2 aromatic heterocycles. The van der Waals surface area contributed by atoms with Crippen molar-refractivity contribution in [2.75, 3.05) is 0 Å². The summed E-state index contributed by atoms with van der Waals surface area (Å²) < 4.78 is 1.79. The maximum Gasteiger partial charge on any atom is 0.160 e. The Morgan fingerprint density at radius 2 is 2.29 bits per heavy atom. The van der Waals surface area contributed by atoms with E-state index in [1.165, 1.54) is 0 Å². The number of rotatable bonds is 2. The number of nitrogens with zero attached hydrogens (tertiary/aromatic N) is 3. The molecule has 14 heavy (non-hydrogen) atoms. The highest BCUT2D eigenvalue weighted by molar-refractivity contribution is 5.46. The van der Waals surface area contributed by atoms with Crippen LogP contribution in [0.3, 0.4) is 0 Å². The van der Waals surface area contributed by atoms with Gasteiger partial charge in [-0.3, -0.25) is 0 Å². The number of fused-ring (bicyclic) bond motifs is 1. The molecule has 0 spiro atoms. The molecule has 2 rings (SSSR count). The summed E-state index contributed by atoms with van der Waals surface area (Å²) in [7, 11) is 0. The zero-order chi connectivity index (χ0) is 10.1. The SMILES string of the molecule is CC(C)c1nc2c(CN)cccn2n1. The van der Waals surface area contributed by atoms with Crippen LogP contribution in [0, 0.1) is 0 Å². The quantitative estimate of drug-likeness (QED) is 0.776. The van der Waals surface area contributed by atoms with Crippen LogP contribution in [-0.4, -0.2) is 14.6 Å². The standard InChI is InChI=1S/C10H14N4/c1-7(2)9-12-10-8(6-11)4-3-5-14(10)13-9/h3-5,7H,6,11H2,1-2H3. The Hall–Kier alpha value is -1.42. The molecule has 0 unspecified atom stereocenters. The lowest BCUT2D eigenvalue weighted by atomic mass is 10.2. The lowest BCUT2D eigenvalue weighted by Crippen LogP contribution is -1.99. The summed E-state index contributed by atoms with van der Waals surface area (Å²) >= 11 is 0. The van der Waals surface area contributed by atoms with Crippen molar-refractivity contribution in [1.29, 1.82) is 0 Å². The van der Waals surface area contributed by atoms with Gasteiger partial charge in [-0.25, -0.2) is 9.50 Å². The second-order valence-electron chi connectivity index (χ2n) is 3.63. The van der Waals surface area contributed by atoms with E-state index >= 15 is 0 Å². The highest BCUT2D eigenvalue weighted by atomic mass is 15.3. The molecule has 0 aromatic carbocycles. The molecule has 0 atom stereocenters. The van der Waals surface area contributed by atoms with Crippen molar-refractivity contribution < 1.29 is 0 Å². The molecule has 0 aliphatic rings. The van der Waals surface area contributed by atoms with Crippen LogP contribution >= 0.6 is 0 Å². The Kier molecular flexibility index (Phi) is 2.21. The lowest BCUT2D eigenvalue weighted by Gasteiger charge is -1.96. The average Bonchev–Trinajstić information content (AvgIpc) is 2.60. The van der Waals surface area contributed by atoms with Gasteiger partial charge in [-0.05, 0) is 6.07 Å². The molecule has 4 nitrogen and oxygen atoms in total. The van der Waals surface area contributed by atoms with E-state index in [0.29, 0.717) is 12.5 Å². The van der Waals surface area contributed by atoms with E-state index in [4.69, 9.17) is 5.73 Å².